The molecule has 2 aromatic rings. The fourth-order valence-electron chi connectivity index (χ4n) is 2.83. The number of rotatable bonds is 4. The SMILES string of the molecule is CCNC(=NCc1ccc(O)c(F)c1)N1CCN(c2cccs2)CC1. The van der Waals surface area contributed by atoms with Crippen molar-refractivity contribution in [3.63, 3.8) is 0 Å². The van der Waals surface area contributed by atoms with Gasteiger partial charge in [-0.05, 0) is 42.1 Å². The van der Waals surface area contributed by atoms with Crippen molar-refractivity contribution >= 4 is 22.3 Å². The zero-order valence-corrected chi connectivity index (χ0v) is 15.1. The van der Waals surface area contributed by atoms with E-state index in [4.69, 9.17) is 0 Å². The van der Waals surface area contributed by atoms with Crippen molar-refractivity contribution in [2.45, 2.75) is 13.5 Å². The lowest BCUT2D eigenvalue weighted by Gasteiger charge is -2.37. The normalized spacial score (nSPS) is 15.5. The molecule has 25 heavy (non-hydrogen) atoms. The number of aromatic hydroxyl groups is 1. The third-order valence-corrected chi connectivity index (χ3v) is 5.08. The van der Waals surface area contributed by atoms with Gasteiger partial charge in [0.05, 0.1) is 11.5 Å². The number of hydrogen-bond donors (Lipinski definition) is 2. The molecule has 7 heteroatoms. The van der Waals surface area contributed by atoms with Crippen LogP contribution < -0.4 is 10.2 Å². The number of guanidine groups is 1. The Kier molecular flexibility index (Phi) is 5.75. The Morgan fingerprint density at radius 1 is 1.28 bits per heavy atom. The molecular formula is C18H23FN4OS. The lowest BCUT2D eigenvalue weighted by molar-refractivity contribution is 0.373. The van der Waals surface area contributed by atoms with Crippen LogP contribution >= 0.6 is 11.3 Å². The van der Waals surface area contributed by atoms with Crippen LogP contribution in [0, 0.1) is 5.82 Å². The Balaban J connectivity index is 1.63. The van der Waals surface area contributed by atoms with E-state index in [1.807, 2.05) is 6.92 Å². The van der Waals surface area contributed by atoms with Gasteiger partial charge in [0.15, 0.2) is 17.5 Å². The third-order valence-electron chi connectivity index (χ3n) is 4.16. The Bertz CT molecular complexity index is 712. The first-order valence-corrected chi connectivity index (χ1v) is 9.34. The first kappa shape index (κ1) is 17.5. The van der Waals surface area contributed by atoms with Gasteiger partial charge in [-0.2, -0.15) is 0 Å². The van der Waals surface area contributed by atoms with Crippen LogP contribution in [-0.2, 0) is 6.54 Å². The molecular weight excluding hydrogens is 339 g/mol. The van der Waals surface area contributed by atoms with Gasteiger partial charge >= 0.3 is 0 Å². The molecule has 1 aromatic heterocycles. The predicted octanol–water partition coefficient (Wildman–Crippen LogP) is 2.88. The Morgan fingerprint density at radius 2 is 2.08 bits per heavy atom. The van der Waals surface area contributed by atoms with E-state index in [0.29, 0.717) is 6.54 Å². The number of aliphatic imine (C=N–C) groups is 1. The highest BCUT2D eigenvalue weighted by Gasteiger charge is 2.20. The van der Waals surface area contributed by atoms with Crippen LogP contribution in [0.4, 0.5) is 9.39 Å². The molecule has 0 atom stereocenters. The lowest BCUT2D eigenvalue weighted by Crippen LogP contribution is -2.52. The minimum atomic E-state index is -0.609. The van der Waals surface area contributed by atoms with E-state index in [2.05, 4.69) is 37.6 Å². The van der Waals surface area contributed by atoms with E-state index < -0.39 is 5.82 Å². The van der Waals surface area contributed by atoms with E-state index in [-0.39, 0.29) is 5.75 Å². The van der Waals surface area contributed by atoms with Crippen LogP contribution in [-0.4, -0.2) is 48.7 Å². The molecule has 0 saturated carbocycles. The molecule has 134 valence electrons. The van der Waals surface area contributed by atoms with Crippen LogP contribution in [0.2, 0.25) is 0 Å². The summed E-state index contributed by atoms with van der Waals surface area (Å²) in [6.07, 6.45) is 0. The predicted molar refractivity (Wildman–Crippen MR) is 101 cm³/mol. The fraction of sp³-hybridized carbons (Fsp3) is 0.389. The molecule has 5 nitrogen and oxygen atoms in total. The molecule has 1 aliphatic rings. The second-order valence-corrected chi connectivity index (χ2v) is 6.81. The van der Waals surface area contributed by atoms with Gasteiger partial charge in [0.1, 0.15) is 0 Å². The largest absolute Gasteiger partial charge is 0.505 e. The summed E-state index contributed by atoms with van der Waals surface area (Å²) in [5.41, 5.74) is 0.739. The van der Waals surface area contributed by atoms with E-state index in [1.54, 1.807) is 17.4 Å². The van der Waals surface area contributed by atoms with Crippen molar-refractivity contribution in [1.29, 1.82) is 0 Å². The monoisotopic (exact) mass is 362 g/mol. The quantitative estimate of drug-likeness (QED) is 0.649. The van der Waals surface area contributed by atoms with Crippen molar-refractivity contribution in [3.05, 3.63) is 47.1 Å². The Morgan fingerprint density at radius 3 is 2.72 bits per heavy atom. The maximum Gasteiger partial charge on any atom is 0.194 e. The summed E-state index contributed by atoms with van der Waals surface area (Å²) >= 11 is 1.76. The fourth-order valence-corrected chi connectivity index (χ4v) is 3.61. The average molecular weight is 362 g/mol. The standard InChI is InChI=1S/C18H23FN4OS/c1-2-20-18(21-13-14-5-6-16(24)15(19)12-14)23-9-7-22(8-10-23)17-4-3-11-25-17/h3-6,11-12,24H,2,7-10,13H2,1H3,(H,20,21). The number of nitrogens with zero attached hydrogens (tertiary/aromatic N) is 3. The number of halogens is 1. The first-order valence-electron chi connectivity index (χ1n) is 8.46. The molecule has 2 N–H and O–H groups in total. The van der Waals surface area contributed by atoms with Gasteiger partial charge in [-0.15, -0.1) is 11.3 Å². The summed E-state index contributed by atoms with van der Waals surface area (Å²) in [5.74, 6) is -0.0894. The third kappa shape index (κ3) is 4.42. The molecule has 0 bridgehead atoms. The molecule has 3 rings (SSSR count). The van der Waals surface area contributed by atoms with Crippen molar-refractivity contribution in [2.24, 2.45) is 4.99 Å². The van der Waals surface area contributed by atoms with Gasteiger partial charge < -0.3 is 20.2 Å². The lowest BCUT2D eigenvalue weighted by atomic mass is 10.2. The highest BCUT2D eigenvalue weighted by atomic mass is 32.1. The number of phenolic OH excluding ortho intramolecular Hbond substituents is 1. The van der Waals surface area contributed by atoms with Gasteiger partial charge in [-0.1, -0.05) is 6.07 Å². The van der Waals surface area contributed by atoms with Crippen molar-refractivity contribution in [2.75, 3.05) is 37.6 Å². The van der Waals surface area contributed by atoms with E-state index in [9.17, 15) is 9.50 Å². The zero-order valence-electron chi connectivity index (χ0n) is 14.3. The number of nitrogens with one attached hydrogen (secondary N) is 1. The number of hydrogen-bond acceptors (Lipinski definition) is 4. The number of anilines is 1. The number of piperazine rings is 1. The summed E-state index contributed by atoms with van der Waals surface area (Å²) < 4.78 is 13.5. The molecule has 0 radical (unpaired) electrons. The summed E-state index contributed by atoms with van der Waals surface area (Å²) in [5, 5.41) is 16.0. The summed E-state index contributed by atoms with van der Waals surface area (Å²) in [4.78, 5) is 9.26. The van der Waals surface area contributed by atoms with Gasteiger partial charge in [-0.3, -0.25) is 0 Å². The maximum absolute atomic E-state index is 13.5. The van der Waals surface area contributed by atoms with Crippen molar-refractivity contribution in [3.8, 4) is 5.75 Å². The smallest absolute Gasteiger partial charge is 0.194 e. The molecule has 0 aliphatic carbocycles. The average Bonchev–Trinajstić information content (AvgIpc) is 3.16. The number of phenols is 1. The number of benzene rings is 1. The Hall–Kier alpha value is -2.28. The zero-order chi connectivity index (χ0) is 17.6. The molecule has 0 amide bonds. The minimum Gasteiger partial charge on any atom is -0.505 e. The van der Waals surface area contributed by atoms with E-state index >= 15 is 0 Å². The van der Waals surface area contributed by atoms with E-state index in [0.717, 1.165) is 44.2 Å². The van der Waals surface area contributed by atoms with E-state index in [1.165, 1.54) is 17.1 Å². The van der Waals surface area contributed by atoms with Crippen LogP contribution in [0.5, 0.6) is 5.75 Å². The second kappa shape index (κ2) is 8.20. The first-order chi connectivity index (χ1) is 12.2. The summed E-state index contributed by atoms with van der Waals surface area (Å²) in [6, 6.07) is 8.62. The van der Waals surface area contributed by atoms with Crippen molar-refractivity contribution < 1.29 is 9.50 Å². The minimum absolute atomic E-state index is 0.329. The highest BCUT2D eigenvalue weighted by Crippen LogP contribution is 2.22. The van der Waals surface area contributed by atoms with Gasteiger partial charge in [0.25, 0.3) is 0 Å². The molecule has 2 heterocycles. The van der Waals surface area contributed by atoms with Crippen molar-refractivity contribution in [1.82, 2.24) is 10.2 Å². The molecule has 1 aliphatic heterocycles. The second-order valence-electron chi connectivity index (χ2n) is 5.88. The van der Waals surface area contributed by atoms with Gasteiger partial charge in [-0.25, -0.2) is 9.38 Å². The molecule has 1 aromatic carbocycles. The summed E-state index contributed by atoms with van der Waals surface area (Å²) in [6.45, 7) is 6.91. The molecule has 0 unspecified atom stereocenters. The molecule has 0 spiro atoms. The molecule has 1 fully saturated rings. The number of thiophene rings is 1. The molecule has 1 saturated heterocycles. The Labute approximate surface area is 151 Å². The van der Waals surface area contributed by atoms with Gasteiger partial charge in [0, 0.05) is 32.7 Å². The highest BCUT2D eigenvalue weighted by molar-refractivity contribution is 7.14. The topological polar surface area (TPSA) is 51.1 Å². The van der Waals surface area contributed by atoms with Crippen LogP contribution in [0.3, 0.4) is 0 Å². The van der Waals surface area contributed by atoms with Gasteiger partial charge in [0.2, 0.25) is 0 Å². The summed E-state index contributed by atoms with van der Waals surface area (Å²) in [7, 11) is 0. The van der Waals surface area contributed by atoms with Crippen LogP contribution in [0.25, 0.3) is 0 Å². The van der Waals surface area contributed by atoms with Crippen LogP contribution in [0.15, 0.2) is 40.7 Å². The maximum atomic E-state index is 13.5. The van der Waals surface area contributed by atoms with Crippen LogP contribution in [0.1, 0.15) is 12.5 Å².